The van der Waals surface area contributed by atoms with Gasteiger partial charge in [0.05, 0.1) is 14.2 Å². The number of hydrogen-bond acceptors (Lipinski definition) is 4. The molecule has 0 unspecified atom stereocenters. The number of hydrogen-bond donors (Lipinski definition) is 0. The predicted octanol–water partition coefficient (Wildman–Crippen LogP) is 4.21. The highest BCUT2D eigenvalue weighted by atomic mass is 16.5. The van der Waals surface area contributed by atoms with Crippen LogP contribution in [0.4, 0.5) is 0 Å². The van der Waals surface area contributed by atoms with Crippen molar-refractivity contribution in [1.29, 1.82) is 0 Å². The number of ether oxygens (including phenoxy) is 2. The first-order valence-corrected chi connectivity index (χ1v) is 9.68. The van der Waals surface area contributed by atoms with Gasteiger partial charge in [-0.15, -0.1) is 0 Å². The molecule has 0 bridgehead atoms. The standard InChI is InChI=1S/C23H32N2O3/c1-7-25(17(2)3)15-18-8-10-19(11-9-18)23(26)24(4)16-20-12-13-21(27-5)14-22(20)28-6/h8-14,17H,7,15-16H2,1-6H3. The quantitative estimate of drug-likeness (QED) is 0.650. The van der Waals surface area contributed by atoms with Crippen LogP contribution in [0.3, 0.4) is 0 Å². The molecule has 152 valence electrons. The highest BCUT2D eigenvalue weighted by Crippen LogP contribution is 2.26. The summed E-state index contributed by atoms with van der Waals surface area (Å²) < 4.78 is 10.7. The third-order valence-corrected chi connectivity index (χ3v) is 4.97. The minimum absolute atomic E-state index is 0.0133. The van der Waals surface area contributed by atoms with Crippen molar-refractivity contribution in [3.05, 3.63) is 59.2 Å². The van der Waals surface area contributed by atoms with E-state index >= 15 is 0 Å². The molecule has 0 aliphatic carbocycles. The molecule has 0 aromatic heterocycles. The van der Waals surface area contributed by atoms with Crippen molar-refractivity contribution in [2.75, 3.05) is 27.8 Å². The van der Waals surface area contributed by atoms with E-state index in [0.29, 0.717) is 23.9 Å². The second kappa shape index (κ2) is 10.1. The van der Waals surface area contributed by atoms with E-state index in [0.717, 1.165) is 24.4 Å². The Bertz CT molecular complexity index is 772. The summed E-state index contributed by atoms with van der Waals surface area (Å²) in [7, 11) is 5.04. The van der Waals surface area contributed by atoms with Crippen molar-refractivity contribution < 1.29 is 14.3 Å². The van der Waals surface area contributed by atoms with Gasteiger partial charge in [0.1, 0.15) is 11.5 Å². The molecular weight excluding hydrogens is 352 g/mol. The summed E-state index contributed by atoms with van der Waals surface area (Å²) in [4.78, 5) is 16.9. The predicted molar refractivity (Wildman–Crippen MR) is 113 cm³/mol. The molecule has 0 saturated heterocycles. The lowest BCUT2D eigenvalue weighted by Gasteiger charge is -2.25. The van der Waals surface area contributed by atoms with Gasteiger partial charge in [0.25, 0.3) is 5.91 Å². The van der Waals surface area contributed by atoms with Gasteiger partial charge in [0.2, 0.25) is 0 Å². The molecule has 5 heteroatoms. The van der Waals surface area contributed by atoms with E-state index in [1.807, 2.05) is 42.5 Å². The SMILES string of the molecule is CCN(Cc1ccc(C(=O)N(C)Cc2ccc(OC)cc2OC)cc1)C(C)C. The largest absolute Gasteiger partial charge is 0.497 e. The molecule has 28 heavy (non-hydrogen) atoms. The lowest BCUT2D eigenvalue weighted by atomic mass is 10.1. The fourth-order valence-electron chi connectivity index (χ4n) is 3.18. The molecule has 0 fully saturated rings. The maximum Gasteiger partial charge on any atom is 0.253 e. The molecule has 5 nitrogen and oxygen atoms in total. The highest BCUT2D eigenvalue weighted by Gasteiger charge is 2.15. The van der Waals surface area contributed by atoms with Crippen LogP contribution < -0.4 is 9.47 Å². The van der Waals surface area contributed by atoms with E-state index in [1.54, 1.807) is 26.2 Å². The van der Waals surface area contributed by atoms with Crippen molar-refractivity contribution in [1.82, 2.24) is 9.80 Å². The lowest BCUT2D eigenvalue weighted by Crippen LogP contribution is -2.30. The van der Waals surface area contributed by atoms with Gasteiger partial charge in [-0.05, 0) is 50.2 Å². The molecule has 2 aromatic rings. The van der Waals surface area contributed by atoms with E-state index in [4.69, 9.17) is 9.47 Å². The summed E-state index contributed by atoms with van der Waals surface area (Å²) in [5.41, 5.74) is 2.84. The highest BCUT2D eigenvalue weighted by molar-refractivity contribution is 5.94. The Morgan fingerprint density at radius 2 is 1.68 bits per heavy atom. The third kappa shape index (κ3) is 5.49. The molecular formula is C23H32N2O3. The topological polar surface area (TPSA) is 42.0 Å². The first kappa shape index (κ1) is 21.8. The van der Waals surface area contributed by atoms with Gasteiger partial charge in [-0.25, -0.2) is 0 Å². The van der Waals surface area contributed by atoms with Crippen LogP contribution in [-0.4, -0.2) is 49.6 Å². The van der Waals surface area contributed by atoms with E-state index in [9.17, 15) is 4.79 Å². The smallest absolute Gasteiger partial charge is 0.253 e. The first-order valence-electron chi connectivity index (χ1n) is 9.68. The summed E-state index contributed by atoms with van der Waals surface area (Å²) >= 11 is 0. The van der Waals surface area contributed by atoms with Crippen LogP contribution in [0.1, 0.15) is 42.3 Å². The molecule has 2 rings (SSSR count). The molecule has 0 radical (unpaired) electrons. The number of nitrogens with zero attached hydrogens (tertiary/aromatic N) is 2. The number of carbonyl (C=O) groups excluding carboxylic acids is 1. The fourth-order valence-corrected chi connectivity index (χ4v) is 3.18. The minimum Gasteiger partial charge on any atom is -0.497 e. The second-order valence-electron chi connectivity index (χ2n) is 7.19. The zero-order valence-electron chi connectivity index (χ0n) is 17.9. The average Bonchev–Trinajstić information content (AvgIpc) is 2.71. The van der Waals surface area contributed by atoms with Crippen LogP contribution in [-0.2, 0) is 13.1 Å². The Kier molecular flexibility index (Phi) is 7.88. The normalized spacial score (nSPS) is 11.0. The van der Waals surface area contributed by atoms with E-state index in [-0.39, 0.29) is 5.91 Å². The van der Waals surface area contributed by atoms with Crippen LogP contribution in [0.5, 0.6) is 11.5 Å². The minimum atomic E-state index is -0.0133. The lowest BCUT2D eigenvalue weighted by molar-refractivity contribution is 0.0784. The maximum absolute atomic E-state index is 12.8. The molecule has 0 N–H and O–H groups in total. The Morgan fingerprint density at radius 3 is 2.21 bits per heavy atom. The Morgan fingerprint density at radius 1 is 1.00 bits per heavy atom. The molecule has 2 aromatic carbocycles. The van der Waals surface area contributed by atoms with Gasteiger partial charge in [-0.2, -0.15) is 0 Å². The van der Waals surface area contributed by atoms with E-state index in [1.165, 1.54) is 5.56 Å². The van der Waals surface area contributed by atoms with E-state index in [2.05, 4.69) is 25.7 Å². The Labute approximate surface area is 168 Å². The number of rotatable bonds is 9. The van der Waals surface area contributed by atoms with Crippen LogP contribution in [0.25, 0.3) is 0 Å². The molecule has 0 saturated carbocycles. The van der Waals surface area contributed by atoms with E-state index < -0.39 is 0 Å². The zero-order valence-corrected chi connectivity index (χ0v) is 17.9. The number of carbonyl (C=O) groups is 1. The second-order valence-corrected chi connectivity index (χ2v) is 7.19. The van der Waals surface area contributed by atoms with Crippen molar-refractivity contribution in [2.45, 2.75) is 39.9 Å². The van der Waals surface area contributed by atoms with Crippen molar-refractivity contribution in [2.24, 2.45) is 0 Å². The summed E-state index contributed by atoms with van der Waals surface area (Å²) in [6, 6.07) is 14.0. The van der Waals surface area contributed by atoms with Crippen LogP contribution >= 0.6 is 0 Å². The summed E-state index contributed by atoms with van der Waals surface area (Å²) in [6.45, 7) is 8.92. The van der Waals surface area contributed by atoms with Crippen LogP contribution in [0.2, 0.25) is 0 Å². The molecule has 0 atom stereocenters. The molecule has 0 aliphatic rings. The summed E-state index contributed by atoms with van der Waals surface area (Å²) in [5, 5.41) is 0. The van der Waals surface area contributed by atoms with Gasteiger partial charge >= 0.3 is 0 Å². The molecule has 0 aliphatic heterocycles. The number of amides is 1. The first-order chi connectivity index (χ1) is 13.4. The average molecular weight is 385 g/mol. The molecule has 0 spiro atoms. The van der Waals surface area contributed by atoms with Gasteiger partial charge < -0.3 is 14.4 Å². The van der Waals surface area contributed by atoms with Crippen LogP contribution in [0, 0.1) is 0 Å². The molecule has 0 heterocycles. The number of methoxy groups -OCH3 is 2. The van der Waals surface area contributed by atoms with Gasteiger partial charge in [0, 0.05) is 43.4 Å². The monoisotopic (exact) mass is 384 g/mol. The fraction of sp³-hybridized carbons (Fsp3) is 0.435. The van der Waals surface area contributed by atoms with Gasteiger partial charge in [-0.3, -0.25) is 9.69 Å². The van der Waals surface area contributed by atoms with Gasteiger partial charge in [0.15, 0.2) is 0 Å². The van der Waals surface area contributed by atoms with Crippen molar-refractivity contribution >= 4 is 5.91 Å². The summed E-state index contributed by atoms with van der Waals surface area (Å²) in [5.74, 6) is 1.43. The Balaban J connectivity index is 2.07. The summed E-state index contributed by atoms with van der Waals surface area (Å²) in [6.07, 6.45) is 0. The van der Waals surface area contributed by atoms with Crippen molar-refractivity contribution in [3.8, 4) is 11.5 Å². The zero-order chi connectivity index (χ0) is 20.7. The van der Waals surface area contributed by atoms with Gasteiger partial charge in [-0.1, -0.05) is 19.1 Å². The number of benzene rings is 2. The van der Waals surface area contributed by atoms with Crippen molar-refractivity contribution in [3.63, 3.8) is 0 Å². The Hall–Kier alpha value is -2.53. The van der Waals surface area contributed by atoms with Crippen LogP contribution in [0.15, 0.2) is 42.5 Å². The maximum atomic E-state index is 12.8. The third-order valence-electron chi connectivity index (χ3n) is 4.97. The molecule has 1 amide bonds.